The van der Waals surface area contributed by atoms with E-state index in [2.05, 4.69) is 51.3 Å². The molecule has 4 nitrogen and oxygen atoms in total. The molecule has 0 aromatic heterocycles. The first-order valence-corrected chi connectivity index (χ1v) is 7.32. The van der Waals surface area contributed by atoms with E-state index in [1.807, 2.05) is 0 Å². The minimum absolute atomic E-state index is 0.188. The molecule has 5 heteroatoms. The lowest BCUT2D eigenvalue weighted by molar-refractivity contribution is -0.136. The Balaban J connectivity index is 1.87. The summed E-state index contributed by atoms with van der Waals surface area (Å²) < 4.78 is 1.13. The molecule has 1 aromatic carbocycles. The SMILES string of the molecule is Cc1cc(N2CCC(NCCC(=O)O)C2)ccc1Br. The van der Waals surface area contributed by atoms with Gasteiger partial charge in [-0.3, -0.25) is 4.79 Å². The fourth-order valence-corrected chi connectivity index (χ4v) is 2.62. The molecule has 0 saturated carbocycles. The number of benzene rings is 1. The summed E-state index contributed by atoms with van der Waals surface area (Å²) in [6.07, 6.45) is 1.25. The number of hydrogen-bond donors (Lipinski definition) is 2. The number of carboxylic acid groups (broad SMARTS) is 1. The average molecular weight is 327 g/mol. The van der Waals surface area contributed by atoms with Crippen molar-refractivity contribution in [1.82, 2.24) is 5.32 Å². The fraction of sp³-hybridized carbons (Fsp3) is 0.500. The predicted molar refractivity (Wildman–Crippen MR) is 79.8 cm³/mol. The maximum absolute atomic E-state index is 10.5. The molecule has 0 radical (unpaired) electrons. The van der Waals surface area contributed by atoms with Crippen LogP contribution in [0, 0.1) is 6.92 Å². The molecule has 104 valence electrons. The van der Waals surface area contributed by atoms with Crippen molar-refractivity contribution in [1.29, 1.82) is 0 Å². The molecule has 1 aromatic rings. The maximum atomic E-state index is 10.5. The van der Waals surface area contributed by atoms with Gasteiger partial charge in [-0.15, -0.1) is 0 Å². The summed E-state index contributed by atoms with van der Waals surface area (Å²) in [7, 11) is 0. The van der Waals surface area contributed by atoms with Crippen LogP contribution in [0.2, 0.25) is 0 Å². The Hall–Kier alpha value is -1.07. The fourth-order valence-electron chi connectivity index (χ4n) is 2.37. The van der Waals surface area contributed by atoms with Gasteiger partial charge in [-0.25, -0.2) is 0 Å². The van der Waals surface area contributed by atoms with Crippen molar-refractivity contribution in [2.24, 2.45) is 0 Å². The van der Waals surface area contributed by atoms with Gasteiger partial charge in [0.25, 0.3) is 0 Å². The Morgan fingerprint density at radius 3 is 3.05 bits per heavy atom. The van der Waals surface area contributed by atoms with Crippen LogP contribution in [0.5, 0.6) is 0 Å². The van der Waals surface area contributed by atoms with Gasteiger partial charge in [-0.1, -0.05) is 15.9 Å². The Kier molecular flexibility index (Phi) is 4.82. The summed E-state index contributed by atoms with van der Waals surface area (Å²) in [6, 6.07) is 6.78. The average Bonchev–Trinajstić information content (AvgIpc) is 2.81. The van der Waals surface area contributed by atoms with Crippen molar-refractivity contribution in [2.45, 2.75) is 25.8 Å². The van der Waals surface area contributed by atoms with Crippen LogP contribution in [0.1, 0.15) is 18.4 Å². The number of carboxylic acids is 1. The number of hydrogen-bond acceptors (Lipinski definition) is 3. The van der Waals surface area contributed by atoms with Gasteiger partial charge in [-0.2, -0.15) is 0 Å². The molecule has 0 spiro atoms. The number of aryl methyl sites for hydroxylation is 1. The van der Waals surface area contributed by atoms with E-state index in [1.54, 1.807) is 0 Å². The molecule has 1 saturated heterocycles. The van der Waals surface area contributed by atoms with Crippen molar-refractivity contribution in [3.8, 4) is 0 Å². The van der Waals surface area contributed by atoms with E-state index in [-0.39, 0.29) is 6.42 Å². The molecular weight excluding hydrogens is 308 g/mol. The number of anilines is 1. The normalized spacial score (nSPS) is 18.8. The van der Waals surface area contributed by atoms with Crippen molar-refractivity contribution in [3.05, 3.63) is 28.2 Å². The molecule has 1 fully saturated rings. The van der Waals surface area contributed by atoms with Crippen molar-refractivity contribution >= 4 is 27.6 Å². The van der Waals surface area contributed by atoms with E-state index in [9.17, 15) is 4.79 Å². The van der Waals surface area contributed by atoms with Crippen LogP contribution in [0.15, 0.2) is 22.7 Å². The van der Waals surface area contributed by atoms with Crippen molar-refractivity contribution in [2.75, 3.05) is 24.5 Å². The second kappa shape index (κ2) is 6.39. The lowest BCUT2D eigenvalue weighted by Gasteiger charge is -2.20. The van der Waals surface area contributed by atoms with Crippen LogP contribution < -0.4 is 10.2 Å². The topological polar surface area (TPSA) is 52.6 Å². The lowest BCUT2D eigenvalue weighted by Crippen LogP contribution is -2.33. The monoisotopic (exact) mass is 326 g/mol. The third kappa shape index (κ3) is 3.94. The van der Waals surface area contributed by atoms with Crippen LogP contribution in [-0.2, 0) is 4.79 Å². The lowest BCUT2D eigenvalue weighted by atomic mass is 10.2. The standard InChI is InChI=1S/C14H19BrN2O2/c1-10-8-12(2-3-13(10)15)17-7-5-11(9-17)16-6-4-14(18)19/h2-3,8,11,16H,4-7,9H2,1H3,(H,18,19). The quantitative estimate of drug-likeness (QED) is 0.872. The van der Waals surface area contributed by atoms with Gasteiger partial charge in [0.2, 0.25) is 0 Å². The maximum Gasteiger partial charge on any atom is 0.304 e. The summed E-state index contributed by atoms with van der Waals surface area (Å²) in [5.41, 5.74) is 2.48. The molecule has 0 amide bonds. The molecule has 2 N–H and O–H groups in total. The molecule has 0 aliphatic carbocycles. The molecule has 19 heavy (non-hydrogen) atoms. The van der Waals surface area contributed by atoms with Crippen molar-refractivity contribution in [3.63, 3.8) is 0 Å². The molecular formula is C14H19BrN2O2. The smallest absolute Gasteiger partial charge is 0.304 e. The number of nitrogens with one attached hydrogen (secondary N) is 1. The Morgan fingerprint density at radius 2 is 2.37 bits per heavy atom. The van der Waals surface area contributed by atoms with Gasteiger partial charge in [0, 0.05) is 35.8 Å². The highest BCUT2D eigenvalue weighted by Gasteiger charge is 2.22. The van der Waals surface area contributed by atoms with Gasteiger partial charge < -0.3 is 15.3 Å². The van der Waals surface area contributed by atoms with Crippen LogP contribution in [0.3, 0.4) is 0 Å². The second-order valence-corrected chi connectivity index (χ2v) is 5.82. The highest BCUT2D eigenvalue weighted by molar-refractivity contribution is 9.10. The molecule has 0 bridgehead atoms. The largest absolute Gasteiger partial charge is 0.481 e. The minimum Gasteiger partial charge on any atom is -0.481 e. The van der Waals surface area contributed by atoms with Crippen LogP contribution in [0.25, 0.3) is 0 Å². The molecule has 1 atom stereocenters. The van der Waals surface area contributed by atoms with Crippen LogP contribution in [0.4, 0.5) is 5.69 Å². The van der Waals surface area contributed by atoms with E-state index >= 15 is 0 Å². The first-order chi connectivity index (χ1) is 9.06. The number of nitrogens with zero attached hydrogens (tertiary/aromatic N) is 1. The molecule has 1 unspecified atom stereocenters. The molecule has 2 rings (SSSR count). The Labute approximate surface area is 121 Å². The van der Waals surface area contributed by atoms with Gasteiger partial charge in [0.1, 0.15) is 0 Å². The predicted octanol–water partition coefficient (Wildman–Crippen LogP) is 2.40. The van der Waals surface area contributed by atoms with E-state index in [0.29, 0.717) is 12.6 Å². The first-order valence-electron chi connectivity index (χ1n) is 6.52. The van der Waals surface area contributed by atoms with Gasteiger partial charge in [0.05, 0.1) is 6.42 Å². The Bertz CT molecular complexity index is 465. The number of rotatable bonds is 5. The summed E-state index contributed by atoms with van der Waals surface area (Å²) in [6.45, 7) is 4.60. The summed E-state index contributed by atoms with van der Waals surface area (Å²) in [5.74, 6) is -0.745. The van der Waals surface area contributed by atoms with Gasteiger partial charge >= 0.3 is 5.97 Å². The minimum atomic E-state index is -0.745. The third-order valence-corrected chi connectivity index (χ3v) is 4.36. The van der Waals surface area contributed by atoms with Crippen LogP contribution >= 0.6 is 15.9 Å². The van der Waals surface area contributed by atoms with E-state index in [0.717, 1.165) is 24.0 Å². The first kappa shape index (κ1) is 14.3. The highest BCUT2D eigenvalue weighted by Crippen LogP contribution is 2.25. The van der Waals surface area contributed by atoms with Gasteiger partial charge in [-0.05, 0) is 37.1 Å². The zero-order valence-electron chi connectivity index (χ0n) is 11.0. The number of carbonyl (C=O) groups is 1. The summed E-state index contributed by atoms with van der Waals surface area (Å²) in [4.78, 5) is 12.8. The summed E-state index contributed by atoms with van der Waals surface area (Å²) >= 11 is 3.51. The van der Waals surface area contributed by atoms with Crippen LogP contribution in [-0.4, -0.2) is 36.8 Å². The highest BCUT2D eigenvalue weighted by atomic mass is 79.9. The zero-order valence-corrected chi connectivity index (χ0v) is 12.6. The van der Waals surface area contributed by atoms with E-state index in [4.69, 9.17) is 5.11 Å². The van der Waals surface area contributed by atoms with E-state index < -0.39 is 5.97 Å². The molecule has 1 aliphatic rings. The van der Waals surface area contributed by atoms with E-state index in [1.165, 1.54) is 11.3 Å². The zero-order chi connectivity index (χ0) is 13.8. The number of aliphatic carboxylic acids is 1. The second-order valence-electron chi connectivity index (χ2n) is 4.96. The third-order valence-electron chi connectivity index (χ3n) is 3.47. The number of halogens is 1. The molecule has 1 heterocycles. The van der Waals surface area contributed by atoms with Gasteiger partial charge in [0.15, 0.2) is 0 Å². The molecule has 1 aliphatic heterocycles. The van der Waals surface area contributed by atoms with Crippen molar-refractivity contribution < 1.29 is 9.90 Å². The Morgan fingerprint density at radius 1 is 1.58 bits per heavy atom. The summed E-state index contributed by atoms with van der Waals surface area (Å²) in [5, 5.41) is 11.9.